The number of nitrogens with one attached hydrogen (secondary N) is 1. The molecule has 3 N–H and O–H groups in total. The van der Waals surface area contributed by atoms with Crippen molar-refractivity contribution >= 4 is 33.5 Å². The molecule has 0 saturated carbocycles. The van der Waals surface area contributed by atoms with Gasteiger partial charge in [0.05, 0.1) is 16.8 Å². The van der Waals surface area contributed by atoms with Crippen LogP contribution in [-0.2, 0) is 0 Å². The van der Waals surface area contributed by atoms with Crippen LogP contribution in [0, 0.1) is 5.82 Å². The summed E-state index contributed by atoms with van der Waals surface area (Å²) < 4.78 is 13.8. The predicted molar refractivity (Wildman–Crippen MR) is 77.1 cm³/mol. The SMILES string of the molecule is O=C(Nc1cc(F)ccc1C(=O)O)c1ccc(Br)cc1O. The number of amides is 1. The van der Waals surface area contributed by atoms with E-state index >= 15 is 0 Å². The number of phenols is 1. The molecule has 0 radical (unpaired) electrons. The third kappa shape index (κ3) is 3.38. The van der Waals surface area contributed by atoms with Crippen molar-refractivity contribution < 1.29 is 24.2 Å². The van der Waals surface area contributed by atoms with Crippen molar-refractivity contribution in [3.8, 4) is 5.75 Å². The number of hydrogen-bond donors (Lipinski definition) is 3. The molecule has 2 aromatic carbocycles. The van der Waals surface area contributed by atoms with Crippen LogP contribution in [0.3, 0.4) is 0 Å². The van der Waals surface area contributed by atoms with Crippen LogP contribution in [0.1, 0.15) is 20.7 Å². The summed E-state index contributed by atoms with van der Waals surface area (Å²) in [7, 11) is 0. The average Bonchev–Trinajstić information content (AvgIpc) is 2.37. The molecule has 1 amide bonds. The second-order valence-corrected chi connectivity index (χ2v) is 5.03. The van der Waals surface area contributed by atoms with Crippen molar-refractivity contribution in [2.45, 2.75) is 0 Å². The molecule has 0 bridgehead atoms. The molecule has 0 heterocycles. The zero-order valence-electron chi connectivity index (χ0n) is 10.4. The van der Waals surface area contributed by atoms with E-state index in [-0.39, 0.29) is 22.6 Å². The highest BCUT2D eigenvalue weighted by atomic mass is 79.9. The lowest BCUT2D eigenvalue weighted by Gasteiger charge is -2.10. The van der Waals surface area contributed by atoms with Crippen molar-refractivity contribution in [3.63, 3.8) is 0 Å². The van der Waals surface area contributed by atoms with E-state index in [1.807, 2.05) is 0 Å². The maximum absolute atomic E-state index is 13.2. The molecule has 0 aromatic heterocycles. The zero-order chi connectivity index (χ0) is 15.6. The van der Waals surface area contributed by atoms with E-state index in [0.29, 0.717) is 4.47 Å². The first-order valence-corrected chi connectivity index (χ1v) is 6.50. The van der Waals surface area contributed by atoms with Gasteiger partial charge in [-0.1, -0.05) is 15.9 Å². The molecule has 0 aliphatic rings. The quantitative estimate of drug-likeness (QED) is 0.790. The molecule has 2 aromatic rings. The first-order valence-electron chi connectivity index (χ1n) is 5.71. The Hall–Kier alpha value is -2.41. The summed E-state index contributed by atoms with van der Waals surface area (Å²) in [5.74, 6) is -3.01. The van der Waals surface area contributed by atoms with Crippen LogP contribution in [0.4, 0.5) is 10.1 Å². The van der Waals surface area contributed by atoms with Gasteiger partial charge >= 0.3 is 5.97 Å². The number of rotatable bonds is 3. The molecule has 7 heteroatoms. The van der Waals surface area contributed by atoms with Gasteiger partial charge in [-0.15, -0.1) is 0 Å². The Labute approximate surface area is 127 Å². The molecule has 2 rings (SSSR count). The van der Waals surface area contributed by atoms with Crippen molar-refractivity contribution in [1.82, 2.24) is 0 Å². The molecule has 21 heavy (non-hydrogen) atoms. The first-order chi connectivity index (χ1) is 9.88. The van der Waals surface area contributed by atoms with E-state index < -0.39 is 17.7 Å². The van der Waals surface area contributed by atoms with Crippen molar-refractivity contribution in [2.75, 3.05) is 5.32 Å². The molecule has 5 nitrogen and oxygen atoms in total. The van der Waals surface area contributed by atoms with Gasteiger partial charge in [0.1, 0.15) is 11.6 Å². The number of anilines is 1. The number of aromatic hydroxyl groups is 1. The second-order valence-electron chi connectivity index (χ2n) is 4.11. The van der Waals surface area contributed by atoms with Crippen LogP contribution < -0.4 is 5.32 Å². The molecule has 0 spiro atoms. The number of aromatic carboxylic acids is 1. The maximum Gasteiger partial charge on any atom is 0.337 e. The lowest BCUT2D eigenvalue weighted by molar-refractivity contribution is 0.0698. The van der Waals surface area contributed by atoms with Gasteiger partial charge in [0.2, 0.25) is 0 Å². The van der Waals surface area contributed by atoms with Gasteiger partial charge in [-0.2, -0.15) is 0 Å². The highest BCUT2D eigenvalue weighted by Crippen LogP contribution is 2.24. The summed E-state index contributed by atoms with van der Waals surface area (Å²) in [6, 6.07) is 7.15. The summed E-state index contributed by atoms with van der Waals surface area (Å²) in [6.45, 7) is 0. The molecule has 0 aliphatic carbocycles. The molecule has 0 fully saturated rings. The van der Waals surface area contributed by atoms with Crippen LogP contribution in [0.5, 0.6) is 5.75 Å². The summed E-state index contributed by atoms with van der Waals surface area (Å²) >= 11 is 3.13. The number of phenolic OH excluding ortho intramolecular Hbond substituents is 1. The zero-order valence-corrected chi connectivity index (χ0v) is 12.0. The number of carboxylic acid groups (broad SMARTS) is 1. The van der Waals surface area contributed by atoms with E-state index in [2.05, 4.69) is 21.2 Å². The highest BCUT2D eigenvalue weighted by molar-refractivity contribution is 9.10. The Balaban J connectivity index is 2.35. The largest absolute Gasteiger partial charge is 0.507 e. The minimum absolute atomic E-state index is 0.0567. The monoisotopic (exact) mass is 353 g/mol. The molecule has 0 aliphatic heterocycles. The Morgan fingerprint density at radius 1 is 1.10 bits per heavy atom. The van der Waals surface area contributed by atoms with Crippen molar-refractivity contribution in [2.24, 2.45) is 0 Å². The average molecular weight is 354 g/mol. The lowest BCUT2D eigenvalue weighted by atomic mass is 10.1. The Kier molecular flexibility index (Phi) is 4.23. The highest BCUT2D eigenvalue weighted by Gasteiger charge is 2.16. The van der Waals surface area contributed by atoms with Gasteiger partial charge in [0.15, 0.2) is 0 Å². The summed E-state index contributed by atoms with van der Waals surface area (Å²) in [5, 5.41) is 21.0. The fourth-order valence-electron chi connectivity index (χ4n) is 1.69. The number of halogens is 2. The van der Waals surface area contributed by atoms with Crippen molar-refractivity contribution in [1.29, 1.82) is 0 Å². The van der Waals surface area contributed by atoms with E-state index in [0.717, 1.165) is 18.2 Å². The number of carbonyl (C=O) groups excluding carboxylic acids is 1. The van der Waals surface area contributed by atoms with Crippen LogP contribution in [0.25, 0.3) is 0 Å². The van der Waals surface area contributed by atoms with Crippen LogP contribution in [0.15, 0.2) is 40.9 Å². The topological polar surface area (TPSA) is 86.6 Å². The second kappa shape index (κ2) is 5.92. The third-order valence-corrected chi connectivity index (χ3v) is 3.16. The van der Waals surface area contributed by atoms with E-state index in [4.69, 9.17) is 5.11 Å². The van der Waals surface area contributed by atoms with E-state index in [9.17, 15) is 19.1 Å². The van der Waals surface area contributed by atoms with Gasteiger partial charge in [-0.3, -0.25) is 4.79 Å². The smallest absolute Gasteiger partial charge is 0.337 e. The Bertz CT molecular complexity index is 733. The maximum atomic E-state index is 13.2. The predicted octanol–water partition coefficient (Wildman–Crippen LogP) is 3.24. The molecule has 0 saturated heterocycles. The van der Waals surface area contributed by atoms with Gasteiger partial charge < -0.3 is 15.5 Å². The molecular formula is C14H9BrFNO4. The number of benzene rings is 2. The first kappa shape index (κ1) is 15.0. The molecule has 0 unspecified atom stereocenters. The van der Waals surface area contributed by atoms with Gasteiger partial charge in [0.25, 0.3) is 5.91 Å². The van der Waals surface area contributed by atoms with Gasteiger partial charge in [-0.25, -0.2) is 9.18 Å². The third-order valence-electron chi connectivity index (χ3n) is 2.66. The van der Waals surface area contributed by atoms with Crippen molar-refractivity contribution in [3.05, 3.63) is 57.8 Å². The molecule has 0 atom stereocenters. The van der Waals surface area contributed by atoms with Gasteiger partial charge in [0, 0.05) is 4.47 Å². The summed E-state index contributed by atoms with van der Waals surface area (Å²) in [4.78, 5) is 23.1. The fourth-order valence-corrected chi connectivity index (χ4v) is 2.04. The van der Waals surface area contributed by atoms with Crippen LogP contribution in [0.2, 0.25) is 0 Å². The number of carbonyl (C=O) groups is 2. The van der Waals surface area contributed by atoms with E-state index in [1.54, 1.807) is 0 Å². The summed E-state index contributed by atoms with van der Waals surface area (Å²) in [6.07, 6.45) is 0. The minimum Gasteiger partial charge on any atom is -0.507 e. The van der Waals surface area contributed by atoms with E-state index in [1.165, 1.54) is 18.2 Å². The minimum atomic E-state index is -1.30. The normalized spacial score (nSPS) is 10.2. The Morgan fingerprint density at radius 3 is 2.38 bits per heavy atom. The van der Waals surface area contributed by atoms with Crippen LogP contribution in [-0.4, -0.2) is 22.1 Å². The molecule has 108 valence electrons. The number of hydrogen-bond acceptors (Lipinski definition) is 3. The summed E-state index contributed by atoms with van der Waals surface area (Å²) in [5.41, 5.74) is -0.491. The van der Waals surface area contributed by atoms with Crippen LogP contribution >= 0.6 is 15.9 Å². The lowest BCUT2D eigenvalue weighted by Crippen LogP contribution is -2.15. The molecular weight excluding hydrogens is 345 g/mol. The van der Waals surface area contributed by atoms with Gasteiger partial charge in [-0.05, 0) is 36.4 Å². The Morgan fingerprint density at radius 2 is 1.76 bits per heavy atom. The number of carboxylic acids is 1. The standard InChI is InChI=1S/C14H9BrFNO4/c15-7-1-3-10(12(18)5-7)13(19)17-11-6-8(16)2-4-9(11)14(20)21/h1-6,18H,(H,17,19)(H,20,21). The fraction of sp³-hybridized carbons (Fsp3) is 0.